The van der Waals surface area contributed by atoms with Gasteiger partial charge in [-0.25, -0.2) is 0 Å². The molecule has 7 heteroatoms. The first kappa shape index (κ1) is 25.1. The third-order valence-electron chi connectivity index (χ3n) is 8.11. The molecular formula is C31H38N4O3. The van der Waals surface area contributed by atoms with Crippen LogP contribution < -0.4 is 10.1 Å². The molecule has 3 aliphatic heterocycles. The lowest BCUT2D eigenvalue weighted by molar-refractivity contribution is -0.142. The van der Waals surface area contributed by atoms with Crippen molar-refractivity contribution in [3.63, 3.8) is 0 Å². The van der Waals surface area contributed by atoms with Crippen molar-refractivity contribution in [2.24, 2.45) is 0 Å². The molecule has 0 aliphatic carbocycles. The number of likely N-dealkylation sites (tertiary alicyclic amines) is 2. The van der Waals surface area contributed by atoms with Gasteiger partial charge < -0.3 is 24.6 Å². The van der Waals surface area contributed by atoms with E-state index in [0.717, 1.165) is 85.3 Å². The third-order valence-corrected chi connectivity index (χ3v) is 8.11. The number of ether oxygens (including phenoxy) is 2. The van der Waals surface area contributed by atoms with Crippen molar-refractivity contribution in [3.05, 3.63) is 54.7 Å². The molecule has 1 aromatic heterocycles. The van der Waals surface area contributed by atoms with E-state index in [4.69, 9.17) is 9.47 Å². The molecule has 3 aromatic rings. The van der Waals surface area contributed by atoms with Gasteiger partial charge >= 0.3 is 0 Å². The standard InChI is InChI=1S/C31H38N4O3/c36-31(30-6-4-20-37-30)35-17-11-26(12-18-35)38-25-9-7-23(8-10-25)27-22-28-24(5-3-13-32-28)21-29(27)33-14-19-34-15-1-2-16-34/h3,5,7-10,13,21-22,26,30,33H,1-2,4,6,11-12,14-20H2/t30-/m1/s1. The van der Waals surface area contributed by atoms with Gasteiger partial charge in [0.15, 0.2) is 0 Å². The molecule has 3 saturated heterocycles. The number of hydrogen-bond donors (Lipinski definition) is 1. The molecule has 2 aromatic carbocycles. The molecule has 200 valence electrons. The molecule has 0 radical (unpaired) electrons. The van der Waals surface area contributed by atoms with Crippen LogP contribution in [0.5, 0.6) is 5.75 Å². The number of carbonyl (C=O) groups excluding carboxylic acids is 1. The summed E-state index contributed by atoms with van der Waals surface area (Å²) in [5.41, 5.74) is 4.44. The Morgan fingerprint density at radius 2 is 1.82 bits per heavy atom. The van der Waals surface area contributed by atoms with E-state index >= 15 is 0 Å². The predicted octanol–water partition coefficient (Wildman–Crippen LogP) is 4.96. The Labute approximate surface area is 225 Å². The first-order valence-electron chi connectivity index (χ1n) is 14.3. The monoisotopic (exact) mass is 514 g/mol. The van der Waals surface area contributed by atoms with Crippen molar-refractivity contribution in [3.8, 4) is 16.9 Å². The van der Waals surface area contributed by atoms with Crippen LogP contribution in [0, 0.1) is 0 Å². The number of benzene rings is 2. The lowest BCUT2D eigenvalue weighted by Gasteiger charge is -2.33. The Bertz CT molecular complexity index is 1230. The number of piperidine rings is 1. The van der Waals surface area contributed by atoms with E-state index in [1.807, 2.05) is 17.2 Å². The van der Waals surface area contributed by atoms with Crippen LogP contribution in [0.15, 0.2) is 54.7 Å². The Morgan fingerprint density at radius 1 is 1.00 bits per heavy atom. The molecule has 0 bridgehead atoms. The van der Waals surface area contributed by atoms with E-state index in [-0.39, 0.29) is 18.1 Å². The number of nitrogens with one attached hydrogen (secondary N) is 1. The molecule has 0 unspecified atom stereocenters. The van der Waals surface area contributed by atoms with Gasteiger partial charge in [-0.2, -0.15) is 0 Å². The zero-order valence-electron chi connectivity index (χ0n) is 22.1. The van der Waals surface area contributed by atoms with Gasteiger partial charge in [-0.15, -0.1) is 0 Å². The zero-order valence-corrected chi connectivity index (χ0v) is 22.1. The number of amides is 1. The van der Waals surface area contributed by atoms with Gasteiger partial charge in [-0.3, -0.25) is 9.78 Å². The number of rotatable bonds is 8. The second-order valence-electron chi connectivity index (χ2n) is 10.7. The fraction of sp³-hybridized carbons (Fsp3) is 0.484. The van der Waals surface area contributed by atoms with Crippen molar-refractivity contribution < 1.29 is 14.3 Å². The summed E-state index contributed by atoms with van der Waals surface area (Å²) in [7, 11) is 0. The maximum atomic E-state index is 12.6. The van der Waals surface area contributed by atoms with E-state index in [9.17, 15) is 4.79 Å². The van der Waals surface area contributed by atoms with E-state index in [1.54, 1.807) is 0 Å². The molecule has 4 heterocycles. The molecule has 3 aliphatic rings. The Kier molecular flexibility index (Phi) is 7.74. The van der Waals surface area contributed by atoms with Crippen LogP contribution >= 0.6 is 0 Å². The van der Waals surface area contributed by atoms with Gasteiger partial charge in [0.2, 0.25) is 0 Å². The lowest BCUT2D eigenvalue weighted by atomic mass is 10.0. The minimum absolute atomic E-state index is 0.127. The minimum Gasteiger partial charge on any atom is -0.490 e. The Morgan fingerprint density at radius 3 is 2.58 bits per heavy atom. The van der Waals surface area contributed by atoms with Crippen molar-refractivity contribution in [1.29, 1.82) is 0 Å². The van der Waals surface area contributed by atoms with Gasteiger partial charge in [0.05, 0.1) is 5.52 Å². The molecule has 3 fully saturated rings. The highest BCUT2D eigenvalue weighted by molar-refractivity contribution is 5.92. The molecule has 7 nitrogen and oxygen atoms in total. The SMILES string of the molecule is O=C([C@H]1CCCO1)N1CCC(Oc2ccc(-c3cc4ncccc4cc3NCCN3CCCC3)cc2)CC1. The van der Waals surface area contributed by atoms with Crippen molar-refractivity contribution >= 4 is 22.5 Å². The summed E-state index contributed by atoms with van der Waals surface area (Å²) in [5.74, 6) is 1.03. The first-order chi connectivity index (χ1) is 18.7. The number of pyridine rings is 1. The van der Waals surface area contributed by atoms with Gasteiger partial charge in [0, 0.05) is 68.5 Å². The lowest BCUT2D eigenvalue weighted by Crippen LogP contribution is -2.45. The van der Waals surface area contributed by atoms with Crippen LogP contribution in [0.3, 0.4) is 0 Å². The molecule has 38 heavy (non-hydrogen) atoms. The van der Waals surface area contributed by atoms with Gasteiger partial charge in [-0.1, -0.05) is 18.2 Å². The molecule has 0 saturated carbocycles. The Balaban J connectivity index is 1.10. The fourth-order valence-corrected chi connectivity index (χ4v) is 5.94. The number of carbonyl (C=O) groups is 1. The van der Waals surface area contributed by atoms with Gasteiger partial charge in [0.25, 0.3) is 5.91 Å². The summed E-state index contributed by atoms with van der Waals surface area (Å²) in [4.78, 5) is 21.7. The second kappa shape index (κ2) is 11.7. The average Bonchev–Trinajstić information content (AvgIpc) is 3.68. The maximum absolute atomic E-state index is 12.6. The van der Waals surface area contributed by atoms with Gasteiger partial charge in [0.1, 0.15) is 18.0 Å². The Hall–Kier alpha value is -3.16. The summed E-state index contributed by atoms with van der Waals surface area (Å²) >= 11 is 0. The molecular weight excluding hydrogens is 476 g/mol. The normalized spacial score (nSPS) is 20.7. The summed E-state index contributed by atoms with van der Waals surface area (Å²) < 4.78 is 11.9. The number of fused-ring (bicyclic) bond motifs is 1. The minimum atomic E-state index is -0.232. The highest BCUT2D eigenvalue weighted by atomic mass is 16.5. The van der Waals surface area contributed by atoms with Crippen LogP contribution in [0.1, 0.15) is 38.5 Å². The van der Waals surface area contributed by atoms with Crippen molar-refractivity contribution in [1.82, 2.24) is 14.8 Å². The fourth-order valence-electron chi connectivity index (χ4n) is 5.94. The molecule has 1 amide bonds. The van der Waals surface area contributed by atoms with Crippen molar-refractivity contribution in [2.75, 3.05) is 51.2 Å². The molecule has 6 rings (SSSR count). The number of nitrogens with zero attached hydrogens (tertiary/aromatic N) is 3. The van der Waals surface area contributed by atoms with Crippen LogP contribution in [0.2, 0.25) is 0 Å². The van der Waals surface area contributed by atoms with Gasteiger partial charge in [-0.05, 0) is 74.7 Å². The summed E-state index contributed by atoms with van der Waals surface area (Å²) in [6.45, 7) is 6.58. The summed E-state index contributed by atoms with van der Waals surface area (Å²) in [5, 5.41) is 4.85. The molecule has 0 spiro atoms. The van der Waals surface area contributed by atoms with Crippen LogP contribution in [0.4, 0.5) is 5.69 Å². The predicted molar refractivity (Wildman–Crippen MR) is 151 cm³/mol. The smallest absolute Gasteiger partial charge is 0.251 e. The van der Waals surface area contributed by atoms with Crippen LogP contribution in [-0.4, -0.2) is 78.8 Å². The summed E-state index contributed by atoms with van der Waals surface area (Å²) in [6, 6.07) is 16.9. The van der Waals surface area contributed by atoms with E-state index < -0.39 is 0 Å². The number of hydrogen-bond acceptors (Lipinski definition) is 6. The third kappa shape index (κ3) is 5.79. The van der Waals surface area contributed by atoms with E-state index in [1.165, 1.54) is 25.9 Å². The van der Waals surface area contributed by atoms with Crippen LogP contribution in [-0.2, 0) is 9.53 Å². The van der Waals surface area contributed by atoms with Crippen LogP contribution in [0.25, 0.3) is 22.0 Å². The zero-order chi connectivity index (χ0) is 25.7. The maximum Gasteiger partial charge on any atom is 0.251 e. The quantitative estimate of drug-likeness (QED) is 0.459. The molecule has 1 N–H and O–H groups in total. The summed E-state index contributed by atoms with van der Waals surface area (Å²) in [6.07, 6.45) is 7.91. The van der Waals surface area contributed by atoms with Crippen molar-refractivity contribution in [2.45, 2.75) is 50.7 Å². The van der Waals surface area contributed by atoms with E-state index in [2.05, 4.69) is 57.7 Å². The first-order valence-corrected chi connectivity index (χ1v) is 14.3. The topological polar surface area (TPSA) is 66.9 Å². The second-order valence-corrected chi connectivity index (χ2v) is 10.7. The number of aromatic nitrogens is 1. The highest BCUT2D eigenvalue weighted by Crippen LogP contribution is 2.33. The average molecular weight is 515 g/mol. The molecule has 1 atom stereocenters. The largest absolute Gasteiger partial charge is 0.490 e. The highest BCUT2D eigenvalue weighted by Gasteiger charge is 2.31. The number of anilines is 1. The van der Waals surface area contributed by atoms with E-state index in [0.29, 0.717) is 6.61 Å².